The Morgan fingerprint density at radius 2 is 1.60 bits per heavy atom. The second-order valence-corrected chi connectivity index (χ2v) is 10.5. The van der Waals surface area contributed by atoms with Gasteiger partial charge in [-0.05, 0) is 35.4 Å². The Morgan fingerprint density at radius 1 is 0.900 bits per heavy atom. The maximum atomic E-state index is 9.99. The molecule has 0 bridgehead atoms. The molecule has 0 atom stereocenters. The Hall–Kier alpha value is -3.54. The van der Waals surface area contributed by atoms with Gasteiger partial charge in [0.1, 0.15) is 17.4 Å². The van der Waals surface area contributed by atoms with Crippen LogP contribution in [-0.2, 0) is 6.54 Å². The number of halogens is 2. The summed E-state index contributed by atoms with van der Waals surface area (Å²) < 4.78 is 10.9. The van der Waals surface area contributed by atoms with Crippen molar-refractivity contribution in [2.24, 2.45) is 0 Å². The number of piperazine rings is 1. The number of likely N-dealkylation sites (N-methyl/N-ethyl adjacent to an activating group) is 1. The third-order valence-electron chi connectivity index (χ3n) is 7.36. The number of rotatable bonds is 8. The van der Waals surface area contributed by atoms with Gasteiger partial charge in [0.05, 0.1) is 41.2 Å². The van der Waals surface area contributed by atoms with Gasteiger partial charge in [-0.1, -0.05) is 66.5 Å². The predicted molar refractivity (Wildman–Crippen MR) is 162 cm³/mol. The van der Waals surface area contributed by atoms with Crippen molar-refractivity contribution in [1.82, 2.24) is 14.8 Å². The van der Waals surface area contributed by atoms with Crippen molar-refractivity contribution in [3.8, 4) is 28.8 Å². The van der Waals surface area contributed by atoms with Crippen LogP contribution in [0.5, 0.6) is 11.6 Å². The monoisotopic (exact) mass is 575 g/mol. The Balaban J connectivity index is 1.46. The van der Waals surface area contributed by atoms with E-state index in [0.717, 1.165) is 55.8 Å². The third kappa shape index (κ3) is 5.81. The number of nitrogens with one attached hydrogen (secondary N) is 1. The van der Waals surface area contributed by atoms with E-state index in [1.54, 1.807) is 12.1 Å². The minimum absolute atomic E-state index is 0.227. The van der Waals surface area contributed by atoms with E-state index in [2.05, 4.69) is 57.4 Å². The minimum Gasteiger partial charge on any atom is -0.495 e. The van der Waals surface area contributed by atoms with Crippen molar-refractivity contribution in [2.75, 3.05) is 52.3 Å². The maximum absolute atomic E-state index is 9.99. The van der Waals surface area contributed by atoms with Gasteiger partial charge in [-0.15, -0.1) is 0 Å². The van der Waals surface area contributed by atoms with E-state index < -0.39 is 0 Å². The molecule has 9 heteroatoms. The predicted octanol–water partition coefficient (Wildman–Crippen LogP) is 6.98. The Labute approximate surface area is 244 Å². The zero-order chi connectivity index (χ0) is 28.2. The molecule has 4 aromatic rings. The molecule has 1 N–H and O–H groups in total. The molecule has 0 radical (unpaired) electrons. The van der Waals surface area contributed by atoms with Crippen molar-refractivity contribution in [3.05, 3.63) is 75.8 Å². The molecule has 0 spiro atoms. The molecule has 1 saturated heterocycles. The number of aromatic nitrogens is 1. The molecule has 1 aliphatic heterocycles. The van der Waals surface area contributed by atoms with Crippen LogP contribution >= 0.6 is 23.2 Å². The molecule has 5 rings (SSSR count). The van der Waals surface area contributed by atoms with Crippen LogP contribution in [0, 0.1) is 11.3 Å². The number of pyridine rings is 1. The van der Waals surface area contributed by atoms with Gasteiger partial charge in [0.2, 0.25) is 5.88 Å². The van der Waals surface area contributed by atoms with Gasteiger partial charge < -0.3 is 19.7 Å². The SMILES string of the molecule is CCN1CCN(Cc2ccc(-c3ccc4c(Nc5cc(OC)c(Cl)cc5Cl)c(C#N)c(OC)nc4c3)cc2)CC1. The topological polar surface area (TPSA) is 73.7 Å². The van der Waals surface area contributed by atoms with Crippen LogP contribution in [0.15, 0.2) is 54.6 Å². The summed E-state index contributed by atoms with van der Waals surface area (Å²) in [6, 6.07) is 20.2. The number of benzene rings is 3. The molecular weight excluding hydrogens is 545 g/mol. The van der Waals surface area contributed by atoms with Crippen LogP contribution in [0.3, 0.4) is 0 Å². The average Bonchev–Trinajstić information content (AvgIpc) is 2.98. The molecule has 3 aromatic carbocycles. The van der Waals surface area contributed by atoms with Crippen LogP contribution in [0.1, 0.15) is 18.1 Å². The number of hydrogen-bond donors (Lipinski definition) is 1. The molecule has 1 aromatic heterocycles. The van der Waals surface area contributed by atoms with Crippen molar-refractivity contribution in [1.29, 1.82) is 5.26 Å². The summed E-state index contributed by atoms with van der Waals surface area (Å²) in [6.45, 7) is 8.76. The lowest BCUT2D eigenvalue weighted by atomic mass is 10.0. The minimum atomic E-state index is 0.227. The van der Waals surface area contributed by atoms with E-state index in [-0.39, 0.29) is 11.4 Å². The molecule has 2 heterocycles. The van der Waals surface area contributed by atoms with Crippen LogP contribution in [0.2, 0.25) is 10.0 Å². The van der Waals surface area contributed by atoms with Gasteiger partial charge in [-0.25, -0.2) is 4.98 Å². The van der Waals surface area contributed by atoms with Crippen LogP contribution in [-0.4, -0.2) is 61.7 Å². The first-order valence-corrected chi connectivity index (χ1v) is 14.0. The number of nitrogens with zero attached hydrogens (tertiary/aromatic N) is 4. The van der Waals surface area contributed by atoms with Gasteiger partial charge in [-0.2, -0.15) is 5.26 Å². The van der Waals surface area contributed by atoms with Gasteiger partial charge in [0.15, 0.2) is 0 Å². The van der Waals surface area contributed by atoms with Crippen molar-refractivity contribution in [3.63, 3.8) is 0 Å². The molecule has 7 nitrogen and oxygen atoms in total. The highest BCUT2D eigenvalue weighted by molar-refractivity contribution is 6.37. The zero-order valence-corrected chi connectivity index (χ0v) is 24.3. The lowest BCUT2D eigenvalue weighted by Gasteiger charge is -2.34. The molecule has 0 saturated carbocycles. The van der Waals surface area contributed by atoms with E-state index in [1.165, 1.54) is 19.8 Å². The second-order valence-electron chi connectivity index (χ2n) is 9.71. The number of anilines is 2. The van der Waals surface area contributed by atoms with E-state index in [9.17, 15) is 5.26 Å². The zero-order valence-electron chi connectivity index (χ0n) is 22.8. The first kappa shape index (κ1) is 28.0. The highest BCUT2D eigenvalue weighted by Crippen LogP contribution is 2.40. The molecule has 206 valence electrons. The number of ether oxygens (including phenoxy) is 2. The fourth-order valence-electron chi connectivity index (χ4n) is 5.04. The summed E-state index contributed by atoms with van der Waals surface area (Å²) in [6.07, 6.45) is 0. The summed E-state index contributed by atoms with van der Waals surface area (Å²) in [4.78, 5) is 9.66. The van der Waals surface area contributed by atoms with Gasteiger partial charge in [0.25, 0.3) is 0 Å². The standard InChI is InChI=1S/C31H31Cl2N5O2/c1-4-37-11-13-38(14-12-37)19-20-5-7-21(8-6-20)22-9-10-23-27(15-22)36-31(40-3)24(18-34)30(23)35-28-17-29(39-2)26(33)16-25(28)32/h5-10,15-17H,4,11-14,19H2,1-3H3,(H,35,36). The fraction of sp³-hybridized carbons (Fsp3) is 0.290. The summed E-state index contributed by atoms with van der Waals surface area (Å²) in [7, 11) is 3.04. The molecule has 1 fully saturated rings. The lowest BCUT2D eigenvalue weighted by Crippen LogP contribution is -2.45. The Bertz CT molecular complexity index is 1560. The van der Waals surface area contributed by atoms with Crippen molar-refractivity contribution >= 4 is 45.5 Å². The van der Waals surface area contributed by atoms with Crippen molar-refractivity contribution < 1.29 is 9.47 Å². The Morgan fingerprint density at radius 3 is 2.25 bits per heavy atom. The molecule has 1 aliphatic rings. The van der Waals surface area contributed by atoms with Crippen LogP contribution in [0.4, 0.5) is 11.4 Å². The number of fused-ring (bicyclic) bond motifs is 1. The van der Waals surface area contributed by atoms with Gasteiger partial charge >= 0.3 is 0 Å². The largest absolute Gasteiger partial charge is 0.495 e. The summed E-state index contributed by atoms with van der Waals surface area (Å²) in [5.74, 6) is 0.691. The number of nitriles is 1. The Kier molecular flexibility index (Phi) is 8.63. The smallest absolute Gasteiger partial charge is 0.234 e. The summed E-state index contributed by atoms with van der Waals surface area (Å²) in [5, 5.41) is 14.8. The molecule has 0 unspecified atom stereocenters. The lowest BCUT2D eigenvalue weighted by molar-refractivity contribution is 0.132. The quantitative estimate of drug-likeness (QED) is 0.243. The van der Waals surface area contributed by atoms with E-state index >= 15 is 0 Å². The molecule has 0 amide bonds. The first-order valence-electron chi connectivity index (χ1n) is 13.2. The molecular formula is C31H31Cl2N5O2. The van der Waals surface area contributed by atoms with Gasteiger partial charge in [0, 0.05) is 44.2 Å². The average molecular weight is 577 g/mol. The third-order valence-corrected chi connectivity index (χ3v) is 7.97. The van der Waals surface area contributed by atoms with E-state index in [4.69, 9.17) is 32.7 Å². The van der Waals surface area contributed by atoms with E-state index in [0.29, 0.717) is 32.7 Å². The molecule has 0 aliphatic carbocycles. The normalized spacial score (nSPS) is 14.2. The van der Waals surface area contributed by atoms with Crippen LogP contribution in [0.25, 0.3) is 22.0 Å². The fourth-order valence-corrected chi connectivity index (χ4v) is 5.55. The highest BCUT2D eigenvalue weighted by Gasteiger charge is 2.19. The van der Waals surface area contributed by atoms with E-state index in [1.807, 2.05) is 18.2 Å². The van der Waals surface area contributed by atoms with Crippen molar-refractivity contribution in [2.45, 2.75) is 13.5 Å². The van der Waals surface area contributed by atoms with Gasteiger partial charge in [-0.3, -0.25) is 4.90 Å². The second kappa shape index (κ2) is 12.3. The number of methoxy groups -OCH3 is 2. The molecule has 40 heavy (non-hydrogen) atoms. The summed E-state index contributed by atoms with van der Waals surface area (Å²) in [5.41, 5.74) is 5.46. The summed E-state index contributed by atoms with van der Waals surface area (Å²) >= 11 is 12.7. The number of hydrogen-bond acceptors (Lipinski definition) is 7. The first-order chi connectivity index (χ1) is 19.4. The highest BCUT2D eigenvalue weighted by atomic mass is 35.5. The van der Waals surface area contributed by atoms with Crippen LogP contribution < -0.4 is 14.8 Å². The maximum Gasteiger partial charge on any atom is 0.234 e.